The van der Waals surface area contributed by atoms with Gasteiger partial charge in [0, 0.05) is 13.5 Å². The molecule has 1 atom stereocenters. The summed E-state index contributed by atoms with van der Waals surface area (Å²) >= 11 is 3.17. The Morgan fingerprint density at radius 3 is 2.67 bits per heavy atom. The Bertz CT molecular complexity index is 554. The second kappa shape index (κ2) is 5.11. The highest BCUT2D eigenvalue weighted by molar-refractivity contribution is 9.10. The summed E-state index contributed by atoms with van der Waals surface area (Å²) in [6.07, 6.45) is -0.749. The number of nitrogens with zero attached hydrogens (tertiary/aromatic N) is 3. The average Bonchev–Trinajstić information content (AvgIpc) is 2.64. The molecule has 0 bridgehead atoms. The molecule has 1 aromatic heterocycles. The number of halogens is 3. The molecule has 0 aliphatic heterocycles. The molecule has 0 aliphatic carbocycles. The first kappa shape index (κ1) is 13.1. The lowest BCUT2D eigenvalue weighted by molar-refractivity contribution is 0.167. The van der Waals surface area contributed by atoms with Crippen molar-refractivity contribution in [3.05, 3.63) is 45.7 Å². The van der Waals surface area contributed by atoms with Crippen molar-refractivity contribution in [1.82, 2.24) is 15.0 Å². The van der Waals surface area contributed by atoms with Gasteiger partial charge in [-0.15, -0.1) is 5.10 Å². The van der Waals surface area contributed by atoms with Crippen molar-refractivity contribution in [2.45, 2.75) is 12.5 Å². The number of hydrogen-bond donors (Lipinski definition) is 1. The molecule has 1 aromatic carbocycles. The maximum Gasteiger partial charge on any atom is 0.159 e. The van der Waals surface area contributed by atoms with Crippen LogP contribution in [0.15, 0.2) is 22.8 Å². The Morgan fingerprint density at radius 2 is 2.11 bits per heavy atom. The zero-order valence-electron chi connectivity index (χ0n) is 9.44. The van der Waals surface area contributed by atoms with Crippen molar-refractivity contribution in [1.29, 1.82) is 0 Å². The van der Waals surface area contributed by atoms with Gasteiger partial charge in [-0.1, -0.05) is 11.3 Å². The lowest BCUT2D eigenvalue weighted by Crippen LogP contribution is -2.09. The van der Waals surface area contributed by atoms with Gasteiger partial charge in [0.05, 0.1) is 0 Å². The highest BCUT2D eigenvalue weighted by atomic mass is 79.9. The lowest BCUT2D eigenvalue weighted by Gasteiger charge is -2.11. The number of aliphatic hydroxyl groups excluding tert-OH is 1. The largest absolute Gasteiger partial charge is 0.386 e. The van der Waals surface area contributed by atoms with Crippen LogP contribution in [0, 0.1) is 11.6 Å². The highest BCUT2D eigenvalue weighted by Crippen LogP contribution is 2.24. The molecule has 7 heteroatoms. The van der Waals surface area contributed by atoms with Crippen LogP contribution in [0.1, 0.15) is 17.4 Å². The highest BCUT2D eigenvalue weighted by Gasteiger charge is 2.18. The second-order valence-electron chi connectivity index (χ2n) is 3.86. The van der Waals surface area contributed by atoms with Gasteiger partial charge in [-0.2, -0.15) is 0 Å². The normalized spacial score (nSPS) is 12.7. The smallest absolute Gasteiger partial charge is 0.159 e. The minimum atomic E-state index is -0.929. The molecule has 0 fully saturated rings. The number of rotatable bonds is 3. The van der Waals surface area contributed by atoms with Crippen molar-refractivity contribution >= 4 is 15.9 Å². The Morgan fingerprint density at radius 1 is 1.39 bits per heavy atom. The van der Waals surface area contributed by atoms with Gasteiger partial charge in [0.15, 0.2) is 16.2 Å². The quantitative estimate of drug-likeness (QED) is 0.943. The summed E-state index contributed by atoms with van der Waals surface area (Å²) in [4.78, 5) is 0. The first-order chi connectivity index (χ1) is 8.49. The fourth-order valence-corrected chi connectivity index (χ4v) is 2.27. The van der Waals surface area contributed by atoms with Crippen molar-refractivity contribution < 1.29 is 13.9 Å². The van der Waals surface area contributed by atoms with Crippen LogP contribution in [0.5, 0.6) is 0 Å². The molecule has 0 saturated heterocycles. The van der Waals surface area contributed by atoms with E-state index in [0.717, 1.165) is 12.1 Å². The fourth-order valence-electron chi connectivity index (χ4n) is 1.68. The minimum absolute atomic E-state index is 0.150. The van der Waals surface area contributed by atoms with E-state index in [2.05, 4.69) is 26.2 Å². The molecule has 0 radical (unpaired) electrons. The van der Waals surface area contributed by atoms with Gasteiger partial charge in [0.25, 0.3) is 0 Å². The topological polar surface area (TPSA) is 50.9 Å². The first-order valence-electron chi connectivity index (χ1n) is 5.16. The van der Waals surface area contributed by atoms with Gasteiger partial charge in [-0.3, -0.25) is 0 Å². The van der Waals surface area contributed by atoms with Crippen LogP contribution < -0.4 is 0 Å². The molecule has 2 rings (SSSR count). The Kier molecular flexibility index (Phi) is 3.72. The molecule has 0 aliphatic rings. The van der Waals surface area contributed by atoms with Crippen LogP contribution >= 0.6 is 15.9 Å². The van der Waals surface area contributed by atoms with E-state index in [1.807, 2.05) is 0 Å². The maximum absolute atomic E-state index is 13.0. The van der Waals surface area contributed by atoms with E-state index in [9.17, 15) is 13.9 Å². The van der Waals surface area contributed by atoms with E-state index in [4.69, 9.17) is 0 Å². The molecule has 0 saturated carbocycles. The summed E-state index contributed by atoms with van der Waals surface area (Å²) in [6, 6.07) is 3.53. The minimum Gasteiger partial charge on any atom is -0.386 e. The van der Waals surface area contributed by atoms with Gasteiger partial charge in [-0.05, 0) is 33.6 Å². The summed E-state index contributed by atoms with van der Waals surface area (Å²) in [5.41, 5.74) is 0.981. The zero-order chi connectivity index (χ0) is 13.3. The van der Waals surface area contributed by atoms with Crippen molar-refractivity contribution in [2.75, 3.05) is 0 Å². The Balaban J connectivity index is 2.21. The van der Waals surface area contributed by atoms with Gasteiger partial charge in [0.2, 0.25) is 0 Å². The summed E-state index contributed by atoms with van der Waals surface area (Å²) in [5, 5.41) is 17.5. The van der Waals surface area contributed by atoms with Crippen molar-refractivity contribution in [3.63, 3.8) is 0 Å². The molecule has 1 N–H and O–H groups in total. The van der Waals surface area contributed by atoms with Gasteiger partial charge in [0.1, 0.15) is 11.8 Å². The van der Waals surface area contributed by atoms with E-state index in [1.54, 1.807) is 7.05 Å². The number of aromatic nitrogens is 3. The fraction of sp³-hybridized carbons (Fsp3) is 0.273. The molecular formula is C11H10BrF2N3O. The average molecular weight is 318 g/mol. The standard InChI is InChI=1S/C11H10BrF2N3O/c1-17-10(11(12)15-16-17)9(18)5-6-2-3-7(13)8(14)4-6/h2-4,9,18H,5H2,1H3. The molecule has 1 heterocycles. The molecule has 0 amide bonds. The third kappa shape index (κ3) is 2.56. The van der Waals surface area contributed by atoms with E-state index in [-0.39, 0.29) is 6.42 Å². The van der Waals surface area contributed by atoms with Crippen LogP contribution in [-0.2, 0) is 13.5 Å². The molecule has 0 spiro atoms. The molecule has 18 heavy (non-hydrogen) atoms. The third-order valence-electron chi connectivity index (χ3n) is 2.56. The van der Waals surface area contributed by atoms with Gasteiger partial charge >= 0.3 is 0 Å². The van der Waals surface area contributed by atoms with Gasteiger partial charge < -0.3 is 5.11 Å². The van der Waals surface area contributed by atoms with Crippen LogP contribution in [0.25, 0.3) is 0 Å². The van der Waals surface area contributed by atoms with E-state index in [0.29, 0.717) is 15.9 Å². The molecule has 4 nitrogen and oxygen atoms in total. The second-order valence-corrected chi connectivity index (χ2v) is 4.61. The van der Waals surface area contributed by atoms with Crippen molar-refractivity contribution in [3.8, 4) is 0 Å². The van der Waals surface area contributed by atoms with Crippen LogP contribution in [-0.4, -0.2) is 20.1 Å². The zero-order valence-corrected chi connectivity index (χ0v) is 11.0. The number of aryl methyl sites for hydroxylation is 1. The molecular weight excluding hydrogens is 308 g/mol. The predicted octanol–water partition coefficient (Wildman–Crippen LogP) is 2.13. The lowest BCUT2D eigenvalue weighted by atomic mass is 10.1. The predicted molar refractivity (Wildman–Crippen MR) is 63.7 cm³/mol. The number of hydrogen-bond acceptors (Lipinski definition) is 3. The Labute approximate surface area is 110 Å². The number of aliphatic hydroxyl groups is 1. The summed E-state index contributed by atoms with van der Waals surface area (Å²) in [7, 11) is 1.64. The van der Waals surface area contributed by atoms with Crippen molar-refractivity contribution in [2.24, 2.45) is 7.05 Å². The van der Waals surface area contributed by atoms with Crippen LogP contribution in [0.3, 0.4) is 0 Å². The SMILES string of the molecule is Cn1nnc(Br)c1C(O)Cc1ccc(F)c(F)c1. The van der Waals surface area contributed by atoms with Crippen LogP contribution in [0.4, 0.5) is 8.78 Å². The van der Waals surface area contributed by atoms with E-state index < -0.39 is 17.7 Å². The number of benzene rings is 1. The summed E-state index contributed by atoms with van der Waals surface area (Å²) in [5.74, 6) is -1.83. The first-order valence-corrected chi connectivity index (χ1v) is 5.95. The monoisotopic (exact) mass is 317 g/mol. The third-order valence-corrected chi connectivity index (χ3v) is 3.12. The van der Waals surface area contributed by atoms with E-state index >= 15 is 0 Å². The Hall–Kier alpha value is -1.34. The molecule has 1 unspecified atom stereocenters. The summed E-state index contributed by atoms with van der Waals surface area (Å²) < 4.78 is 27.7. The maximum atomic E-state index is 13.0. The van der Waals surface area contributed by atoms with E-state index in [1.165, 1.54) is 10.7 Å². The molecule has 96 valence electrons. The van der Waals surface area contributed by atoms with Gasteiger partial charge in [-0.25, -0.2) is 13.5 Å². The van der Waals surface area contributed by atoms with Crippen LogP contribution in [0.2, 0.25) is 0 Å². The summed E-state index contributed by atoms with van der Waals surface area (Å²) in [6.45, 7) is 0. The molecule has 2 aromatic rings.